The Hall–Kier alpha value is -3.59. The number of benzene rings is 2. The van der Waals surface area contributed by atoms with Crippen LogP contribution in [-0.2, 0) is 9.59 Å². The number of phenols is 1. The molecule has 32 heavy (non-hydrogen) atoms. The van der Waals surface area contributed by atoms with Gasteiger partial charge >= 0.3 is 5.97 Å². The number of ketones is 1. The van der Waals surface area contributed by atoms with Gasteiger partial charge in [0.05, 0.1) is 16.2 Å². The van der Waals surface area contributed by atoms with Crippen LogP contribution in [0, 0.1) is 0 Å². The molecule has 8 nitrogen and oxygen atoms in total. The van der Waals surface area contributed by atoms with Gasteiger partial charge in [0, 0.05) is 12.6 Å². The number of aromatic carboxylic acids is 1. The second-order valence-corrected chi connectivity index (χ2v) is 8.05. The topological polar surface area (TPSA) is 116 Å². The number of nitrogens with zero attached hydrogens (tertiary/aromatic N) is 2. The Morgan fingerprint density at radius 2 is 1.97 bits per heavy atom. The zero-order valence-electron chi connectivity index (χ0n) is 17.7. The van der Waals surface area contributed by atoms with Crippen LogP contribution < -0.4 is 4.74 Å². The van der Waals surface area contributed by atoms with Crippen LogP contribution in [0.15, 0.2) is 52.4 Å². The standard InChI is InChI=1S/C23H22N2O6S/c1-4-18(13(2)26)31-19-8-6-5-7-14(19)11-20-21(28)25(3)23(32-20)24-17-10-9-15(27)12-16(17)22(29)30/h5-12,18,27H,4H2,1-3H3,(H,29,30)/b20-11-,24-23?. The Balaban J connectivity index is 1.95. The number of thioether (sulfide) groups is 1. The summed E-state index contributed by atoms with van der Waals surface area (Å²) in [6.07, 6.45) is 1.60. The van der Waals surface area contributed by atoms with E-state index < -0.39 is 12.1 Å². The third kappa shape index (κ3) is 5.00. The number of amidine groups is 1. The number of carboxylic acids is 1. The number of carbonyl (C=O) groups excluding carboxylic acids is 2. The van der Waals surface area contributed by atoms with Gasteiger partial charge in [-0.3, -0.25) is 14.5 Å². The van der Waals surface area contributed by atoms with Crippen molar-refractivity contribution in [3.8, 4) is 11.5 Å². The summed E-state index contributed by atoms with van der Waals surface area (Å²) >= 11 is 1.09. The molecule has 0 saturated carbocycles. The van der Waals surface area contributed by atoms with Gasteiger partial charge in [0.2, 0.25) is 0 Å². The van der Waals surface area contributed by atoms with Crippen LogP contribution in [0.4, 0.5) is 5.69 Å². The minimum atomic E-state index is -1.24. The number of amides is 1. The number of ether oxygens (including phenoxy) is 1. The lowest BCUT2D eigenvalue weighted by Gasteiger charge is -2.16. The molecule has 1 heterocycles. The second-order valence-electron chi connectivity index (χ2n) is 7.04. The van der Waals surface area contributed by atoms with E-state index in [1.807, 2.05) is 6.92 Å². The van der Waals surface area contributed by atoms with Crippen LogP contribution in [0.2, 0.25) is 0 Å². The van der Waals surface area contributed by atoms with Crippen LogP contribution in [0.1, 0.15) is 36.2 Å². The SMILES string of the molecule is CCC(Oc1ccccc1/C=C1\SC(=Nc2ccc(O)cc2C(=O)O)N(C)C1=O)C(C)=O. The molecular formula is C23H22N2O6S. The first kappa shape index (κ1) is 23.1. The van der Waals surface area contributed by atoms with Gasteiger partial charge in [-0.05, 0) is 55.4 Å². The zero-order chi connectivity index (χ0) is 23.4. The third-order valence-corrected chi connectivity index (χ3v) is 5.79. The Morgan fingerprint density at radius 1 is 1.25 bits per heavy atom. The zero-order valence-corrected chi connectivity index (χ0v) is 18.5. The maximum absolute atomic E-state index is 12.8. The van der Waals surface area contributed by atoms with Gasteiger partial charge in [-0.25, -0.2) is 9.79 Å². The number of carbonyl (C=O) groups is 3. The molecule has 1 aliphatic heterocycles. The van der Waals surface area contributed by atoms with Crippen LogP contribution in [0.5, 0.6) is 11.5 Å². The van der Waals surface area contributed by atoms with Crippen molar-refractivity contribution in [1.82, 2.24) is 4.90 Å². The molecule has 2 aromatic carbocycles. The highest BCUT2D eigenvalue weighted by molar-refractivity contribution is 8.18. The predicted molar refractivity (Wildman–Crippen MR) is 122 cm³/mol. The first-order valence-electron chi connectivity index (χ1n) is 9.80. The normalized spacial score (nSPS) is 17.1. The molecule has 1 saturated heterocycles. The number of carboxylic acid groups (broad SMARTS) is 1. The molecule has 1 unspecified atom stereocenters. The Morgan fingerprint density at radius 3 is 2.62 bits per heavy atom. The molecule has 0 bridgehead atoms. The lowest BCUT2D eigenvalue weighted by Crippen LogP contribution is -2.24. The summed E-state index contributed by atoms with van der Waals surface area (Å²) in [5.74, 6) is -1.34. The van der Waals surface area contributed by atoms with E-state index in [9.17, 15) is 24.6 Å². The van der Waals surface area contributed by atoms with Crippen LogP contribution >= 0.6 is 11.8 Å². The van der Waals surface area contributed by atoms with E-state index in [0.717, 1.165) is 17.8 Å². The molecule has 0 spiro atoms. The van der Waals surface area contributed by atoms with E-state index in [1.54, 1.807) is 37.4 Å². The number of aromatic hydroxyl groups is 1. The van der Waals surface area contributed by atoms with Gasteiger partial charge in [0.1, 0.15) is 11.5 Å². The summed E-state index contributed by atoms with van der Waals surface area (Å²) in [6.45, 7) is 3.33. The van der Waals surface area contributed by atoms with Crippen LogP contribution in [-0.4, -0.2) is 51.1 Å². The highest BCUT2D eigenvalue weighted by Gasteiger charge is 2.31. The minimum Gasteiger partial charge on any atom is -0.508 e. The van der Waals surface area contributed by atoms with Crippen molar-refractivity contribution < 1.29 is 29.3 Å². The fourth-order valence-corrected chi connectivity index (χ4v) is 3.97. The molecular weight excluding hydrogens is 432 g/mol. The second kappa shape index (κ2) is 9.69. The fourth-order valence-electron chi connectivity index (χ4n) is 3.00. The summed E-state index contributed by atoms with van der Waals surface area (Å²) in [5.41, 5.74) is 0.577. The number of hydrogen-bond acceptors (Lipinski definition) is 7. The van der Waals surface area contributed by atoms with Gasteiger partial charge in [-0.15, -0.1) is 0 Å². The molecule has 1 aliphatic rings. The Labute approximate surface area is 189 Å². The van der Waals surface area contributed by atoms with Crippen LogP contribution in [0.3, 0.4) is 0 Å². The molecule has 1 atom stereocenters. The average molecular weight is 455 g/mol. The van der Waals surface area contributed by atoms with E-state index in [0.29, 0.717) is 27.8 Å². The number of aliphatic imine (C=N–C) groups is 1. The predicted octanol–water partition coefficient (Wildman–Crippen LogP) is 4.07. The largest absolute Gasteiger partial charge is 0.508 e. The molecule has 2 aromatic rings. The molecule has 0 radical (unpaired) electrons. The average Bonchev–Trinajstić information content (AvgIpc) is 3.01. The highest BCUT2D eigenvalue weighted by Crippen LogP contribution is 2.36. The molecule has 1 fully saturated rings. The summed E-state index contributed by atoms with van der Waals surface area (Å²) in [6, 6.07) is 10.9. The first-order chi connectivity index (χ1) is 15.2. The van der Waals surface area contributed by atoms with Crippen molar-refractivity contribution in [1.29, 1.82) is 0 Å². The van der Waals surface area contributed by atoms with E-state index in [2.05, 4.69) is 4.99 Å². The van der Waals surface area contributed by atoms with Gasteiger partial charge in [-0.2, -0.15) is 0 Å². The number of Topliss-reactive ketones (excluding diaryl/α,β-unsaturated/α-hetero) is 1. The number of hydrogen-bond donors (Lipinski definition) is 2. The van der Waals surface area contributed by atoms with Crippen molar-refractivity contribution >= 4 is 46.4 Å². The smallest absolute Gasteiger partial charge is 0.338 e. The lowest BCUT2D eigenvalue weighted by molar-refractivity contribution is -0.123. The van der Waals surface area contributed by atoms with Crippen molar-refractivity contribution in [3.63, 3.8) is 0 Å². The molecule has 1 amide bonds. The Bertz CT molecular complexity index is 1140. The third-order valence-electron chi connectivity index (χ3n) is 4.73. The van der Waals surface area contributed by atoms with Crippen molar-refractivity contribution in [3.05, 3.63) is 58.5 Å². The van der Waals surface area contributed by atoms with Crippen molar-refractivity contribution in [2.75, 3.05) is 7.05 Å². The molecule has 0 aliphatic carbocycles. The summed E-state index contributed by atoms with van der Waals surface area (Å²) < 4.78 is 5.86. The van der Waals surface area contributed by atoms with Gasteiger partial charge in [0.15, 0.2) is 17.1 Å². The monoisotopic (exact) mass is 454 g/mol. The first-order valence-corrected chi connectivity index (χ1v) is 10.6. The van der Waals surface area contributed by atoms with Gasteiger partial charge in [-0.1, -0.05) is 25.1 Å². The number of likely N-dealkylation sites (N-methyl/N-ethyl adjacent to an activating group) is 1. The van der Waals surface area contributed by atoms with E-state index >= 15 is 0 Å². The number of phenolic OH excluding ortho intramolecular Hbond substituents is 1. The van der Waals surface area contributed by atoms with Gasteiger partial charge in [0.25, 0.3) is 5.91 Å². The summed E-state index contributed by atoms with van der Waals surface area (Å²) in [5, 5.41) is 19.2. The van der Waals surface area contributed by atoms with E-state index in [1.165, 1.54) is 24.0 Å². The quantitative estimate of drug-likeness (QED) is 0.606. The summed E-state index contributed by atoms with van der Waals surface area (Å²) in [4.78, 5) is 42.0. The summed E-state index contributed by atoms with van der Waals surface area (Å²) in [7, 11) is 1.54. The maximum atomic E-state index is 12.8. The number of rotatable bonds is 7. The van der Waals surface area contributed by atoms with Gasteiger partial charge < -0.3 is 14.9 Å². The van der Waals surface area contributed by atoms with E-state index in [-0.39, 0.29) is 28.7 Å². The highest BCUT2D eigenvalue weighted by atomic mass is 32.2. The molecule has 2 N–H and O–H groups in total. The van der Waals surface area contributed by atoms with Crippen LogP contribution in [0.25, 0.3) is 6.08 Å². The Kier molecular flexibility index (Phi) is 6.99. The molecule has 0 aromatic heterocycles. The maximum Gasteiger partial charge on any atom is 0.338 e. The van der Waals surface area contributed by atoms with Crippen molar-refractivity contribution in [2.24, 2.45) is 4.99 Å². The molecule has 3 rings (SSSR count). The van der Waals surface area contributed by atoms with E-state index in [4.69, 9.17) is 4.74 Å². The van der Waals surface area contributed by atoms with Crippen molar-refractivity contribution in [2.45, 2.75) is 26.4 Å². The minimum absolute atomic E-state index is 0.0847. The molecule has 166 valence electrons. The number of para-hydroxylation sites is 1. The fraction of sp³-hybridized carbons (Fsp3) is 0.217. The lowest BCUT2D eigenvalue weighted by atomic mass is 10.1. The molecule has 9 heteroatoms.